The van der Waals surface area contributed by atoms with Gasteiger partial charge in [0.2, 0.25) is 0 Å². The molecular weight excluding hydrogens is 379 g/mol. The number of alkyl halides is 3. The van der Waals surface area contributed by atoms with Crippen molar-refractivity contribution in [2.24, 2.45) is 41.4 Å². The zero-order valence-electron chi connectivity index (χ0n) is 17.2. The van der Waals surface area contributed by atoms with Crippen molar-refractivity contribution in [1.82, 2.24) is 4.90 Å². The molecule has 29 heavy (non-hydrogen) atoms. The molecule has 6 aliphatic rings. The van der Waals surface area contributed by atoms with E-state index in [-0.39, 0.29) is 23.6 Å². The standard InChI is InChI=1S/C23H32F3NO2/c1-12-6-7-17-18(27(12)21(28)23(24,25)26)9-14-10-22(17)20-15(11-29-22)8-13-4-2-3-5-16(13)19(14)20/h12-20H,2-11H2,1H3/t12-,13-,14-,15-,16+,17+,18+,19?,20?,22+/m0/s1. The van der Waals surface area contributed by atoms with Gasteiger partial charge in [-0.25, -0.2) is 0 Å². The monoisotopic (exact) mass is 411 g/mol. The van der Waals surface area contributed by atoms with Gasteiger partial charge in [-0.2, -0.15) is 13.2 Å². The van der Waals surface area contributed by atoms with Crippen LogP contribution in [-0.4, -0.2) is 41.3 Å². The Hall–Kier alpha value is -0.780. The molecule has 0 aromatic heterocycles. The second kappa shape index (κ2) is 6.14. The summed E-state index contributed by atoms with van der Waals surface area (Å²) < 4.78 is 47.0. The number of carbonyl (C=O) groups is 1. The van der Waals surface area contributed by atoms with Crippen molar-refractivity contribution < 1.29 is 22.7 Å². The largest absolute Gasteiger partial charge is 0.471 e. The van der Waals surface area contributed by atoms with Crippen LogP contribution in [-0.2, 0) is 9.53 Å². The maximum absolute atomic E-state index is 13.5. The third kappa shape index (κ3) is 2.44. The van der Waals surface area contributed by atoms with Crippen LogP contribution in [0.1, 0.15) is 64.7 Å². The molecule has 0 radical (unpaired) electrons. The van der Waals surface area contributed by atoms with Gasteiger partial charge in [0.25, 0.3) is 0 Å². The van der Waals surface area contributed by atoms with Crippen LogP contribution < -0.4 is 0 Å². The molecule has 0 aromatic carbocycles. The highest BCUT2D eigenvalue weighted by atomic mass is 19.4. The molecule has 0 N–H and O–H groups in total. The van der Waals surface area contributed by atoms with Gasteiger partial charge in [0, 0.05) is 18.0 Å². The minimum atomic E-state index is -4.79. The molecule has 4 aliphatic carbocycles. The molecule has 6 heteroatoms. The van der Waals surface area contributed by atoms with Crippen molar-refractivity contribution in [2.45, 2.75) is 88.6 Å². The lowest BCUT2D eigenvalue weighted by atomic mass is 9.56. The normalized spacial score (nSPS) is 53.2. The highest BCUT2D eigenvalue weighted by Gasteiger charge is 2.72. The molecule has 2 aliphatic heterocycles. The third-order valence-corrected chi connectivity index (χ3v) is 10.1. The Labute approximate surface area is 170 Å². The summed E-state index contributed by atoms with van der Waals surface area (Å²) >= 11 is 0. The second-order valence-corrected chi connectivity index (χ2v) is 11.1. The minimum Gasteiger partial charge on any atom is -0.374 e. The van der Waals surface area contributed by atoms with E-state index < -0.39 is 12.1 Å². The van der Waals surface area contributed by atoms with Crippen LogP contribution in [0.5, 0.6) is 0 Å². The quantitative estimate of drug-likeness (QED) is 0.573. The molecule has 2 bridgehead atoms. The number of likely N-dealkylation sites (tertiary alicyclic amines) is 1. The zero-order valence-corrected chi connectivity index (χ0v) is 17.2. The average Bonchev–Trinajstić information content (AvgIpc) is 3.16. The van der Waals surface area contributed by atoms with E-state index in [0.29, 0.717) is 30.1 Å². The van der Waals surface area contributed by atoms with E-state index >= 15 is 0 Å². The second-order valence-electron chi connectivity index (χ2n) is 11.1. The highest BCUT2D eigenvalue weighted by Crippen LogP contribution is 2.70. The fourth-order valence-electron chi connectivity index (χ4n) is 9.46. The summed E-state index contributed by atoms with van der Waals surface area (Å²) in [6.07, 6.45) is 5.09. The molecule has 1 spiro atoms. The molecule has 6 fully saturated rings. The fraction of sp³-hybridized carbons (Fsp3) is 0.957. The number of piperidine rings is 1. The smallest absolute Gasteiger partial charge is 0.374 e. The van der Waals surface area contributed by atoms with Crippen LogP contribution in [0.2, 0.25) is 0 Å². The number of rotatable bonds is 0. The van der Waals surface area contributed by atoms with Gasteiger partial charge in [0.05, 0.1) is 12.2 Å². The van der Waals surface area contributed by atoms with Crippen molar-refractivity contribution >= 4 is 5.91 Å². The van der Waals surface area contributed by atoms with Gasteiger partial charge in [0.15, 0.2) is 0 Å². The van der Waals surface area contributed by atoms with Crippen LogP contribution in [0.3, 0.4) is 0 Å². The Morgan fingerprint density at radius 3 is 2.62 bits per heavy atom. The molecule has 1 amide bonds. The molecule has 10 atom stereocenters. The van der Waals surface area contributed by atoms with Gasteiger partial charge in [-0.1, -0.05) is 19.3 Å². The molecule has 6 rings (SSSR count). The molecule has 3 nitrogen and oxygen atoms in total. The Morgan fingerprint density at radius 1 is 1.03 bits per heavy atom. The number of ether oxygens (including phenoxy) is 1. The first-order valence-electron chi connectivity index (χ1n) is 11.8. The van der Waals surface area contributed by atoms with Gasteiger partial charge in [-0.05, 0) is 81.0 Å². The molecular formula is C23H32F3NO2. The highest BCUT2D eigenvalue weighted by molar-refractivity contribution is 5.82. The number of hydrogen-bond acceptors (Lipinski definition) is 2. The van der Waals surface area contributed by atoms with Gasteiger partial charge >= 0.3 is 12.1 Å². The van der Waals surface area contributed by atoms with E-state index in [9.17, 15) is 18.0 Å². The van der Waals surface area contributed by atoms with Crippen LogP contribution in [0.25, 0.3) is 0 Å². The van der Waals surface area contributed by atoms with Crippen LogP contribution >= 0.6 is 0 Å². The maximum Gasteiger partial charge on any atom is 0.471 e. The lowest BCUT2D eigenvalue weighted by Crippen LogP contribution is -2.63. The van der Waals surface area contributed by atoms with Crippen LogP contribution in [0.15, 0.2) is 0 Å². The van der Waals surface area contributed by atoms with E-state index in [1.807, 2.05) is 0 Å². The minimum absolute atomic E-state index is 0.0846. The Kier molecular flexibility index (Phi) is 4.01. The van der Waals surface area contributed by atoms with E-state index in [2.05, 4.69) is 0 Å². The summed E-state index contributed by atoms with van der Waals surface area (Å²) in [4.78, 5) is 13.7. The lowest BCUT2D eigenvalue weighted by molar-refractivity contribution is -0.201. The van der Waals surface area contributed by atoms with Crippen molar-refractivity contribution in [3.8, 4) is 0 Å². The van der Waals surface area contributed by atoms with Crippen LogP contribution in [0, 0.1) is 41.4 Å². The predicted octanol–water partition coefficient (Wildman–Crippen LogP) is 4.80. The van der Waals surface area contributed by atoms with E-state index in [1.54, 1.807) is 6.92 Å². The number of hydrogen-bond donors (Lipinski definition) is 0. The molecule has 4 saturated carbocycles. The number of halogens is 3. The van der Waals surface area contributed by atoms with Gasteiger partial charge in [-0.15, -0.1) is 0 Å². The van der Waals surface area contributed by atoms with Gasteiger partial charge in [0.1, 0.15) is 0 Å². The maximum atomic E-state index is 13.5. The third-order valence-electron chi connectivity index (χ3n) is 10.1. The van der Waals surface area contributed by atoms with Crippen molar-refractivity contribution in [3.05, 3.63) is 0 Å². The molecule has 162 valence electrons. The first-order chi connectivity index (χ1) is 13.8. The average molecular weight is 412 g/mol. The Bertz CT molecular complexity index is 711. The zero-order chi connectivity index (χ0) is 20.1. The van der Waals surface area contributed by atoms with Gasteiger partial charge in [-0.3, -0.25) is 4.79 Å². The predicted molar refractivity (Wildman–Crippen MR) is 101 cm³/mol. The van der Waals surface area contributed by atoms with E-state index in [4.69, 9.17) is 4.74 Å². The summed E-state index contributed by atoms with van der Waals surface area (Å²) in [6, 6.07) is -0.626. The summed E-state index contributed by atoms with van der Waals surface area (Å²) in [6.45, 7) is 2.60. The molecule has 2 heterocycles. The van der Waals surface area contributed by atoms with Gasteiger partial charge < -0.3 is 9.64 Å². The van der Waals surface area contributed by atoms with Crippen molar-refractivity contribution in [2.75, 3.05) is 6.61 Å². The summed E-state index contributed by atoms with van der Waals surface area (Å²) in [5.74, 6) is 2.16. The topological polar surface area (TPSA) is 29.5 Å². The number of fused-ring (bicyclic) bond motifs is 5. The molecule has 0 aromatic rings. The number of nitrogens with zero attached hydrogens (tertiary/aromatic N) is 1. The lowest BCUT2D eigenvalue weighted by Gasteiger charge is -2.54. The number of carbonyl (C=O) groups excluding carboxylic acids is 1. The number of amides is 1. The molecule has 2 unspecified atom stereocenters. The summed E-state index contributed by atoms with van der Waals surface area (Å²) in [7, 11) is 0. The van der Waals surface area contributed by atoms with Crippen molar-refractivity contribution in [3.63, 3.8) is 0 Å². The van der Waals surface area contributed by atoms with E-state index in [0.717, 1.165) is 37.7 Å². The summed E-state index contributed by atoms with van der Waals surface area (Å²) in [5, 5.41) is 0. The summed E-state index contributed by atoms with van der Waals surface area (Å²) in [5.41, 5.74) is -0.254. The SMILES string of the molecule is C[C@H]1CC[C@@H]2[C@@H](C[C@H]3C[C@@]24OC[C@@H]2C[C@@H]5CCCC[C@H]5C3C24)N1C(=O)C(F)(F)F. The molecule has 2 saturated heterocycles. The first kappa shape index (κ1) is 18.9. The first-order valence-corrected chi connectivity index (χ1v) is 11.8. The van der Waals surface area contributed by atoms with E-state index in [1.165, 1.54) is 37.0 Å². The Balaban J connectivity index is 1.39. The van der Waals surface area contributed by atoms with Crippen molar-refractivity contribution in [1.29, 1.82) is 0 Å². The Morgan fingerprint density at radius 2 is 1.83 bits per heavy atom. The fourth-order valence-corrected chi connectivity index (χ4v) is 9.46. The van der Waals surface area contributed by atoms with Crippen LogP contribution in [0.4, 0.5) is 13.2 Å².